The molecule has 5 heteroatoms. The summed E-state index contributed by atoms with van der Waals surface area (Å²) in [4.78, 5) is 29.6. The van der Waals surface area contributed by atoms with Crippen LogP contribution in [0, 0.1) is 6.92 Å². The molecule has 5 nitrogen and oxygen atoms in total. The molecule has 1 aromatic heterocycles. The van der Waals surface area contributed by atoms with Crippen molar-refractivity contribution in [2.45, 2.75) is 76.9 Å². The van der Waals surface area contributed by atoms with E-state index in [-0.39, 0.29) is 17.9 Å². The predicted octanol–water partition coefficient (Wildman–Crippen LogP) is 5.60. The lowest BCUT2D eigenvalue weighted by Crippen LogP contribution is -2.65. The van der Waals surface area contributed by atoms with Crippen LogP contribution in [-0.4, -0.2) is 28.0 Å². The van der Waals surface area contributed by atoms with Crippen LogP contribution in [0.25, 0.3) is 10.9 Å². The lowest BCUT2D eigenvalue weighted by molar-refractivity contribution is -0.127. The van der Waals surface area contributed by atoms with Crippen LogP contribution in [0.3, 0.4) is 0 Å². The minimum atomic E-state index is -1.02. The molecule has 2 aromatic carbocycles. The molecule has 0 radical (unpaired) electrons. The van der Waals surface area contributed by atoms with Crippen LogP contribution in [0.2, 0.25) is 0 Å². The molecular weight excluding hydrogens is 410 g/mol. The average molecular weight is 444 g/mol. The molecule has 3 aromatic rings. The molecule has 0 saturated heterocycles. The molecule has 1 fully saturated rings. The topological polar surface area (TPSA) is 54.3 Å². The molecule has 1 N–H and O–H groups in total. The van der Waals surface area contributed by atoms with Gasteiger partial charge in [0.05, 0.1) is 6.54 Å². The minimum Gasteiger partial charge on any atom is -0.351 e. The molecule has 2 amide bonds. The molecule has 1 saturated carbocycles. The van der Waals surface area contributed by atoms with Crippen LogP contribution in [0.15, 0.2) is 54.6 Å². The number of carbonyl (C=O) groups is 2. The van der Waals surface area contributed by atoms with Crippen molar-refractivity contribution >= 4 is 28.4 Å². The summed E-state index contributed by atoms with van der Waals surface area (Å²) < 4.78 is 2.03. The van der Waals surface area contributed by atoms with Crippen LogP contribution in [0.4, 0.5) is 5.69 Å². The van der Waals surface area contributed by atoms with E-state index in [2.05, 4.69) is 5.32 Å². The largest absolute Gasteiger partial charge is 0.351 e. The Morgan fingerprint density at radius 2 is 1.64 bits per heavy atom. The Kier molecular flexibility index (Phi) is 5.73. The highest BCUT2D eigenvalue weighted by Gasteiger charge is 2.48. The zero-order chi connectivity index (χ0) is 23.0. The third-order valence-corrected chi connectivity index (χ3v) is 7.41. The number of benzene rings is 2. The summed E-state index contributed by atoms with van der Waals surface area (Å²) in [5.74, 6) is -0.193. The van der Waals surface area contributed by atoms with Gasteiger partial charge in [-0.2, -0.15) is 0 Å². The second kappa shape index (κ2) is 8.69. The zero-order valence-electron chi connectivity index (χ0n) is 19.6. The number of anilines is 1. The number of nitrogens with one attached hydrogen (secondary N) is 1. The number of aryl methyl sites for hydroxylation is 1. The Hall–Kier alpha value is -3.08. The molecule has 0 spiro atoms. The van der Waals surface area contributed by atoms with Crippen molar-refractivity contribution < 1.29 is 9.59 Å². The van der Waals surface area contributed by atoms with Gasteiger partial charge in [-0.05, 0) is 51.0 Å². The quantitative estimate of drug-likeness (QED) is 0.573. The maximum Gasteiger partial charge on any atom is 0.275 e. The van der Waals surface area contributed by atoms with Gasteiger partial charge < -0.3 is 9.88 Å². The van der Waals surface area contributed by atoms with Gasteiger partial charge in [0, 0.05) is 22.6 Å². The van der Waals surface area contributed by atoms with E-state index in [4.69, 9.17) is 0 Å². The van der Waals surface area contributed by atoms with E-state index in [1.54, 1.807) is 4.90 Å². The number of carbonyl (C=O) groups excluding carboxylic acids is 2. The Bertz CT molecular complexity index is 1170. The van der Waals surface area contributed by atoms with Gasteiger partial charge in [0.1, 0.15) is 11.2 Å². The Balaban J connectivity index is 1.56. The van der Waals surface area contributed by atoms with Crippen molar-refractivity contribution in [3.63, 3.8) is 0 Å². The Labute approximate surface area is 195 Å². The molecule has 2 aliphatic rings. The number of nitrogens with zero attached hydrogens (tertiary/aromatic N) is 2. The van der Waals surface area contributed by atoms with Gasteiger partial charge in [-0.1, -0.05) is 68.0 Å². The Morgan fingerprint density at radius 1 is 0.970 bits per heavy atom. The SMILES string of the molecule is Cc1ccc(N2C(=O)c3cc4ccccc4n3C[C@]2(C)C(=O)NC2CCCCCCC2)cc1. The number of hydrogen-bond acceptors (Lipinski definition) is 2. The lowest BCUT2D eigenvalue weighted by atomic mass is 9.91. The van der Waals surface area contributed by atoms with E-state index in [1.165, 1.54) is 19.3 Å². The summed E-state index contributed by atoms with van der Waals surface area (Å²) in [7, 11) is 0. The van der Waals surface area contributed by atoms with Crippen molar-refractivity contribution in [2.24, 2.45) is 0 Å². The number of hydrogen-bond donors (Lipinski definition) is 1. The molecule has 0 unspecified atom stereocenters. The van der Waals surface area contributed by atoms with Gasteiger partial charge in [-0.25, -0.2) is 0 Å². The van der Waals surface area contributed by atoms with E-state index < -0.39 is 5.54 Å². The molecule has 1 aliphatic heterocycles. The number of para-hydroxylation sites is 1. The fraction of sp³-hybridized carbons (Fsp3) is 0.429. The number of fused-ring (bicyclic) bond motifs is 3. The molecule has 2 heterocycles. The maximum atomic E-state index is 13.9. The molecule has 172 valence electrons. The normalized spacial score (nSPS) is 22.0. The summed E-state index contributed by atoms with van der Waals surface area (Å²) in [6.45, 7) is 4.37. The van der Waals surface area contributed by atoms with Crippen molar-refractivity contribution in [2.75, 3.05) is 4.90 Å². The third kappa shape index (κ3) is 3.94. The first kappa shape index (κ1) is 21.7. The molecule has 33 heavy (non-hydrogen) atoms. The molecule has 0 bridgehead atoms. The van der Waals surface area contributed by atoms with Crippen LogP contribution < -0.4 is 10.2 Å². The first-order chi connectivity index (χ1) is 16.0. The van der Waals surface area contributed by atoms with E-state index in [0.717, 1.165) is 47.8 Å². The van der Waals surface area contributed by atoms with Gasteiger partial charge in [0.2, 0.25) is 5.91 Å². The second-order valence-corrected chi connectivity index (χ2v) is 9.94. The van der Waals surface area contributed by atoms with Crippen LogP contribution in [-0.2, 0) is 11.3 Å². The summed E-state index contributed by atoms with van der Waals surface area (Å²) in [6.07, 6.45) is 8.07. The number of rotatable bonds is 3. The maximum absolute atomic E-state index is 13.9. The van der Waals surface area contributed by atoms with Crippen LogP contribution in [0.5, 0.6) is 0 Å². The van der Waals surface area contributed by atoms with Gasteiger partial charge >= 0.3 is 0 Å². The van der Waals surface area contributed by atoms with Gasteiger partial charge in [0.15, 0.2) is 0 Å². The van der Waals surface area contributed by atoms with Crippen LogP contribution in [0.1, 0.15) is 67.9 Å². The van der Waals surface area contributed by atoms with E-state index in [1.807, 2.05) is 73.0 Å². The average Bonchev–Trinajstić information content (AvgIpc) is 3.15. The van der Waals surface area contributed by atoms with Gasteiger partial charge in [-0.3, -0.25) is 14.5 Å². The minimum absolute atomic E-state index is 0.0644. The summed E-state index contributed by atoms with van der Waals surface area (Å²) in [5, 5.41) is 4.38. The highest BCUT2D eigenvalue weighted by atomic mass is 16.2. The number of amides is 2. The summed E-state index contributed by atoms with van der Waals surface area (Å²) >= 11 is 0. The molecular formula is C28H33N3O2. The number of aromatic nitrogens is 1. The van der Waals surface area contributed by atoms with E-state index in [0.29, 0.717) is 12.2 Å². The highest BCUT2D eigenvalue weighted by molar-refractivity contribution is 6.14. The highest BCUT2D eigenvalue weighted by Crippen LogP contribution is 2.36. The standard InChI is InChI=1S/C28H33N3O2/c1-20-14-16-23(17-15-20)31-26(32)25-18-21-10-8-9-13-24(21)30(25)19-28(31,2)27(33)29-22-11-6-4-3-5-7-12-22/h8-10,13-18,22H,3-7,11-12,19H2,1-2H3,(H,29,33)/t28-/m1/s1. The lowest BCUT2D eigenvalue weighted by Gasteiger charge is -2.44. The Morgan fingerprint density at radius 3 is 2.36 bits per heavy atom. The summed E-state index contributed by atoms with van der Waals surface area (Å²) in [5.41, 5.74) is 2.49. The fourth-order valence-corrected chi connectivity index (χ4v) is 5.49. The first-order valence-corrected chi connectivity index (χ1v) is 12.3. The van der Waals surface area contributed by atoms with Gasteiger partial charge in [0.25, 0.3) is 5.91 Å². The predicted molar refractivity (Wildman–Crippen MR) is 133 cm³/mol. The fourth-order valence-electron chi connectivity index (χ4n) is 5.49. The first-order valence-electron chi connectivity index (χ1n) is 12.3. The molecule has 1 atom stereocenters. The van der Waals surface area contributed by atoms with Gasteiger partial charge in [-0.15, -0.1) is 0 Å². The van der Waals surface area contributed by atoms with Crippen molar-refractivity contribution in [1.82, 2.24) is 9.88 Å². The molecule has 1 aliphatic carbocycles. The summed E-state index contributed by atoms with van der Waals surface area (Å²) in [6, 6.07) is 18.0. The monoisotopic (exact) mass is 443 g/mol. The third-order valence-electron chi connectivity index (χ3n) is 7.41. The van der Waals surface area contributed by atoms with Crippen molar-refractivity contribution in [1.29, 1.82) is 0 Å². The van der Waals surface area contributed by atoms with Crippen molar-refractivity contribution in [3.05, 3.63) is 65.9 Å². The zero-order valence-corrected chi connectivity index (χ0v) is 19.6. The van der Waals surface area contributed by atoms with Crippen LogP contribution >= 0.6 is 0 Å². The smallest absolute Gasteiger partial charge is 0.275 e. The van der Waals surface area contributed by atoms with Crippen molar-refractivity contribution in [3.8, 4) is 0 Å². The van der Waals surface area contributed by atoms with E-state index >= 15 is 0 Å². The molecule has 5 rings (SSSR count). The van der Waals surface area contributed by atoms with E-state index in [9.17, 15) is 9.59 Å². The second-order valence-electron chi connectivity index (χ2n) is 9.94.